The lowest BCUT2D eigenvalue weighted by Crippen LogP contribution is -2.23. The molecule has 7 heteroatoms. The van der Waals surface area contributed by atoms with Crippen LogP contribution in [0.1, 0.15) is 18.9 Å². The highest BCUT2D eigenvalue weighted by molar-refractivity contribution is 6.35. The number of hydrogen-bond acceptors (Lipinski definition) is 4. The number of nitrogen functional groups attached to an aromatic ring is 1. The summed E-state index contributed by atoms with van der Waals surface area (Å²) in [6.45, 7) is 2.39. The van der Waals surface area contributed by atoms with Gasteiger partial charge in [-0.2, -0.15) is 10.4 Å². The molecule has 0 saturated carbocycles. The average Bonchev–Trinajstić information content (AvgIpc) is 2.61. The van der Waals surface area contributed by atoms with Gasteiger partial charge in [0.05, 0.1) is 5.39 Å². The van der Waals surface area contributed by atoms with Gasteiger partial charge < -0.3 is 10.7 Å². The second kappa shape index (κ2) is 4.11. The van der Waals surface area contributed by atoms with Crippen molar-refractivity contribution in [2.24, 2.45) is 0 Å². The van der Waals surface area contributed by atoms with Crippen LogP contribution in [0.3, 0.4) is 0 Å². The van der Waals surface area contributed by atoms with Gasteiger partial charge in [0, 0.05) is 6.54 Å². The molecular formula is C10H10ClN5O. The lowest BCUT2D eigenvalue weighted by Gasteiger charge is -2.03. The maximum Gasteiger partial charge on any atom is 0.286 e. The fourth-order valence-electron chi connectivity index (χ4n) is 1.66. The Hall–Kier alpha value is -2.00. The third-order valence-electron chi connectivity index (χ3n) is 2.42. The largest absolute Gasteiger partial charge is 0.384 e. The quantitative estimate of drug-likeness (QED) is 0.838. The molecule has 0 fully saturated rings. The summed E-state index contributed by atoms with van der Waals surface area (Å²) in [4.78, 5) is 14.6. The first-order valence-electron chi connectivity index (χ1n) is 5.08. The Morgan fingerprint density at radius 1 is 1.65 bits per heavy atom. The highest BCUT2D eigenvalue weighted by Gasteiger charge is 2.17. The van der Waals surface area contributed by atoms with Crippen molar-refractivity contribution in [3.05, 3.63) is 20.9 Å². The smallest absolute Gasteiger partial charge is 0.286 e. The number of nitrogens with zero attached hydrogens (tertiary/aromatic N) is 3. The van der Waals surface area contributed by atoms with Crippen LogP contribution >= 0.6 is 11.6 Å². The van der Waals surface area contributed by atoms with Crippen molar-refractivity contribution in [2.75, 3.05) is 5.73 Å². The predicted molar refractivity (Wildman–Crippen MR) is 64.8 cm³/mol. The van der Waals surface area contributed by atoms with Crippen molar-refractivity contribution in [1.29, 1.82) is 5.26 Å². The molecule has 2 heterocycles. The lowest BCUT2D eigenvalue weighted by molar-refractivity contribution is 0.576. The molecule has 0 saturated heterocycles. The molecule has 17 heavy (non-hydrogen) atoms. The SMILES string of the molecule is CCCn1nc2[nH]c(N)c(C#N)c2c(Cl)c1=O. The molecular weight excluding hydrogens is 242 g/mol. The van der Waals surface area contributed by atoms with E-state index in [0.29, 0.717) is 17.6 Å². The summed E-state index contributed by atoms with van der Waals surface area (Å²) in [5.74, 6) is 0.172. The first kappa shape index (κ1) is 11.5. The standard InChI is InChI=1S/C10H10ClN5O/c1-2-3-16-10(17)7(11)6-5(4-12)8(13)14-9(6)15-16/h2-3,13H2,1H3,(H,14,15). The van der Waals surface area contributed by atoms with Gasteiger partial charge in [0.2, 0.25) is 0 Å². The van der Waals surface area contributed by atoms with Gasteiger partial charge in [-0.3, -0.25) is 4.79 Å². The van der Waals surface area contributed by atoms with Gasteiger partial charge in [-0.25, -0.2) is 4.68 Å². The van der Waals surface area contributed by atoms with E-state index in [-0.39, 0.29) is 16.4 Å². The number of nitrogens with one attached hydrogen (secondary N) is 1. The van der Waals surface area contributed by atoms with Crippen LogP contribution in [-0.4, -0.2) is 14.8 Å². The van der Waals surface area contributed by atoms with Gasteiger partial charge in [-0.15, -0.1) is 0 Å². The molecule has 6 nitrogen and oxygen atoms in total. The van der Waals surface area contributed by atoms with Crippen molar-refractivity contribution in [1.82, 2.24) is 14.8 Å². The van der Waals surface area contributed by atoms with Crippen LogP contribution < -0.4 is 11.3 Å². The van der Waals surface area contributed by atoms with Gasteiger partial charge in [0.25, 0.3) is 5.56 Å². The highest BCUT2D eigenvalue weighted by atomic mass is 35.5. The topological polar surface area (TPSA) is 100 Å². The number of hydrogen-bond donors (Lipinski definition) is 2. The Morgan fingerprint density at radius 3 is 2.94 bits per heavy atom. The molecule has 0 aliphatic rings. The molecule has 2 rings (SSSR count). The minimum Gasteiger partial charge on any atom is -0.384 e. The molecule has 0 radical (unpaired) electrons. The van der Waals surface area contributed by atoms with E-state index in [0.717, 1.165) is 6.42 Å². The number of aromatic amines is 1. The van der Waals surface area contributed by atoms with E-state index < -0.39 is 5.56 Å². The zero-order chi connectivity index (χ0) is 12.6. The van der Waals surface area contributed by atoms with Gasteiger partial charge in [0.15, 0.2) is 5.65 Å². The maximum absolute atomic E-state index is 11.9. The molecule has 0 atom stereocenters. The summed E-state index contributed by atoms with van der Waals surface area (Å²) >= 11 is 5.96. The van der Waals surface area contributed by atoms with Gasteiger partial charge in [-0.05, 0) is 6.42 Å². The molecule has 0 aromatic carbocycles. The molecule has 2 aromatic heterocycles. The number of aromatic nitrogens is 3. The van der Waals surface area contributed by atoms with E-state index in [1.807, 2.05) is 13.0 Å². The van der Waals surface area contributed by atoms with Crippen molar-refractivity contribution in [3.63, 3.8) is 0 Å². The predicted octanol–water partition coefficient (Wildman–Crippen LogP) is 1.24. The van der Waals surface area contributed by atoms with Gasteiger partial charge in [-0.1, -0.05) is 18.5 Å². The molecule has 0 spiro atoms. The molecule has 88 valence electrons. The Labute approximate surface area is 102 Å². The highest BCUT2D eigenvalue weighted by Crippen LogP contribution is 2.26. The van der Waals surface area contributed by atoms with E-state index >= 15 is 0 Å². The number of aryl methyl sites for hydroxylation is 1. The minimum absolute atomic E-state index is 0.0204. The first-order valence-corrected chi connectivity index (χ1v) is 5.45. The molecule has 0 aliphatic carbocycles. The van der Waals surface area contributed by atoms with Crippen LogP contribution in [0.5, 0.6) is 0 Å². The number of nitriles is 1. The van der Waals surface area contributed by atoms with Crippen LogP contribution in [0, 0.1) is 11.3 Å². The zero-order valence-electron chi connectivity index (χ0n) is 9.12. The van der Waals surface area contributed by atoms with Crippen molar-refractivity contribution < 1.29 is 0 Å². The van der Waals surface area contributed by atoms with Crippen LogP contribution in [0.25, 0.3) is 11.0 Å². The van der Waals surface area contributed by atoms with E-state index in [1.165, 1.54) is 4.68 Å². The van der Waals surface area contributed by atoms with Crippen molar-refractivity contribution in [2.45, 2.75) is 19.9 Å². The van der Waals surface area contributed by atoms with Crippen LogP contribution in [-0.2, 0) is 6.54 Å². The van der Waals surface area contributed by atoms with Crippen LogP contribution in [0.15, 0.2) is 4.79 Å². The first-order chi connectivity index (χ1) is 8.10. The molecule has 0 unspecified atom stereocenters. The number of anilines is 1. The number of H-pyrrole nitrogens is 1. The number of rotatable bonds is 2. The van der Waals surface area contributed by atoms with Crippen LogP contribution in [0.4, 0.5) is 5.82 Å². The van der Waals surface area contributed by atoms with Crippen LogP contribution in [0.2, 0.25) is 5.02 Å². The number of fused-ring (bicyclic) bond motifs is 1. The number of nitrogens with two attached hydrogens (primary N) is 1. The van der Waals surface area contributed by atoms with Gasteiger partial charge >= 0.3 is 0 Å². The third kappa shape index (κ3) is 1.65. The van der Waals surface area contributed by atoms with Crippen molar-refractivity contribution in [3.8, 4) is 6.07 Å². The monoisotopic (exact) mass is 251 g/mol. The van der Waals surface area contributed by atoms with Gasteiger partial charge in [0.1, 0.15) is 22.5 Å². The summed E-state index contributed by atoms with van der Waals surface area (Å²) in [7, 11) is 0. The lowest BCUT2D eigenvalue weighted by atomic mass is 10.2. The molecule has 0 aliphatic heterocycles. The van der Waals surface area contributed by atoms with E-state index in [1.54, 1.807) is 0 Å². The third-order valence-corrected chi connectivity index (χ3v) is 2.77. The number of halogens is 1. The average molecular weight is 252 g/mol. The Morgan fingerprint density at radius 2 is 2.35 bits per heavy atom. The summed E-state index contributed by atoms with van der Waals surface area (Å²) in [5.41, 5.74) is 5.74. The fourth-order valence-corrected chi connectivity index (χ4v) is 1.94. The second-order valence-electron chi connectivity index (χ2n) is 3.59. The normalized spacial score (nSPS) is 10.6. The summed E-state index contributed by atoms with van der Waals surface area (Å²) in [6.07, 6.45) is 0.760. The maximum atomic E-state index is 11.9. The van der Waals surface area contributed by atoms with E-state index in [2.05, 4.69) is 10.1 Å². The Balaban J connectivity index is 2.87. The molecule has 2 aromatic rings. The molecule has 3 N–H and O–H groups in total. The second-order valence-corrected chi connectivity index (χ2v) is 3.97. The van der Waals surface area contributed by atoms with E-state index in [4.69, 9.17) is 22.6 Å². The minimum atomic E-state index is -0.406. The molecule has 0 amide bonds. The fraction of sp³-hybridized carbons (Fsp3) is 0.300. The van der Waals surface area contributed by atoms with Crippen molar-refractivity contribution >= 4 is 28.5 Å². The summed E-state index contributed by atoms with van der Waals surface area (Å²) in [5, 5.41) is 13.3. The zero-order valence-corrected chi connectivity index (χ0v) is 9.88. The summed E-state index contributed by atoms with van der Waals surface area (Å²) < 4.78 is 1.27. The van der Waals surface area contributed by atoms with E-state index in [9.17, 15) is 4.79 Å². The molecule has 0 bridgehead atoms. The Bertz CT molecular complexity index is 679. The Kier molecular flexibility index (Phi) is 2.77. The summed E-state index contributed by atoms with van der Waals surface area (Å²) in [6, 6.07) is 1.91.